The molecule has 2 rings (SSSR count). The molecule has 0 atom stereocenters. The van der Waals surface area contributed by atoms with Crippen molar-refractivity contribution in [2.24, 2.45) is 0 Å². The minimum absolute atomic E-state index is 0.427. The van der Waals surface area contributed by atoms with Gasteiger partial charge in [0.1, 0.15) is 0 Å². The van der Waals surface area contributed by atoms with Crippen LogP contribution in [0.5, 0.6) is 5.88 Å². The highest BCUT2D eigenvalue weighted by molar-refractivity contribution is 6.58. The first-order chi connectivity index (χ1) is 8.15. The summed E-state index contributed by atoms with van der Waals surface area (Å²) < 4.78 is 5.21. The van der Waals surface area contributed by atoms with Gasteiger partial charge in [0.25, 0.3) is 0 Å². The van der Waals surface area contributed by atoms with E-state index < -0.39 is 7.12 Å². The van der Waals surface area contributed by atoms with Gasteiger partial charge in [-0.3, -0.25) is 0 Å². The number of methoxy groups -OCH3 is 1. The molecule has 0 aliphatic heterocycles. The third-order valence-corrected chi connectivity index (χ3v) is 2.75. The number of pyridine rings is 1. The Morgan fingerprint density at radius 2 is 2.06 bits per heavy atom. The highest BCUT2D eigenvalue weighted by atomic mass is 16.5. The lowest BCUT2D eigenvalue weighted by Crippen LogP contribution is -2.29. The molecule has 0 amide bonds. The van der Waals surface area contributed by atoms with Crippen LogP contribution in [-0.4, -0.2) is 29.3 Å². The van der Waals surface area contributed by atoms with Gasteiger partial charge in [-0.25, -0.2) is 4.98 Å². The second-order valence-corrected chi connectivity index (χ2v) is 3.84. The fourth-order valence-corrected chi connectivity index (χ4v) is 1.80. The first-order valence-electron chi connectivity index (χ1n) is 5.49. The largest absolute Gasteiger partial charge is 0.488 e. The van der Waals surface area contributed by atoms with Crippen molar-refractivity contribution < 1.29 is 14.8 Å². The van der Waals surface area contributed by atoms with Gasteiger partial charge < -0.3 is 14.8 Å². The van der Waals surface area contributed by atoms with Crippen molar-refractivity contribution in [2.45, 2.75) is 13.3 Å². The molecule has 1 aromatic heterocycles. The molecule has 5 heteroatoms. The Kier molecular flexibility index (Phi) is 3.31. The summed E-state index contributed by atoms with van der Waals surface area (Å²) in [4.78, 5) is 4.36. The predicted molar refractivity (Wildman–Crippen MR) is 67.5 cm³/mol. The molecule has 0 fully saturated rings. The summed E-state index contributed by atoms with van der Waals surface area (Å²) in [5.74, 6) is 0.588. The van der Waals surface area contributed by atoms with E-state index in [2.05, 4.69) is 4.98 Å². The van der Waals surface area contributed by atoms with Gasteiger partial charge in [-0.2, -0.15) is 0 Å². The van der Waals surface area contributed by atoms with Crippen LogP contribution in [0.2, 0.25) is 0 Å². The van der Waals surface area contributed by atoms with Gasteiger partial charge in [-0.05, 0) is 24.0 Å². The van der Waals surface area contributed by atoms with Crippen molar-refractivity contribution in [1.29, 1.82) is 0 Å². The van der Waals surface area contributed by atoms with E-state index in [-0.39, 0.29) is 0 Å². The number of fused-ring (bicyclic) bond motifs is 1. The van der Waals surface area contributed by atoms with Gasteiger partial charge in [0, 0.05) is 10.9 Å². The second-order valence-electron chi connectivity index (χ2n) is 3.84. The van der Waals surface area contributed by atoms with E-state index in [0.717, 1.165) is 17.4 Å². The van der Waals surface area contributed by atoms with Gasteiger partial charge in [0.2, 0.25) is 5.88 Å². The lowest BCUT2D eigenvalue weighted by atomic mass is 9.80. The zero-order valence-corrected chi connectivity index (χ0v) is 9.84. The third kappa shape index (κ3) is 2.25. The van der Waals surface area contributed by atoms with Gasteiger partial charge in [-0.1, -0.05) is 19.1 Å². The summed E-state index contributed by atoms with van der Waals surface area (Å²) in [5, 5.41) is 19.2. The zero-order valence-electron chi connectivity index (χ0n) is 9.84. The van der Waals surface area contributed by atoms with Crippen LogP contribution in [0.25, 0.3) is 10.9 Å². The molecule has 0 aliphatic carbocycles. The average Bonchev–Trinajstić information content (AvgIpc) is 2.36. The molecule has 0 spiro atoms. The molecule has 2 aromatic rings. The number of nitrogens with zero attached hydrogens (tertiary/aromatic N) is 1. The van der Waals surface area contributed by atoms with Crippen LogP contribution in [0.1, 0.15) is 12.5 Å². The number of ether oxygens (including phenoxy) is 1. The molecule has 0 unspecified atom stereocenters. The maximum atomic E-state index is 9.11. The second kappa shape index (κ2) is 4.73. The van der Waals surface area contributed by atoms with Crippen molar-refractivity contribution in [3.8, 4) is 5.88 Å². The molecule has 0 bridgehead atoms. The van der Waals surface area contributed by atoms with Gasteiger partial charge in [0.15, 0.2) is 0 Å². The van der Waals surface area contributed by atoms with Gasteiger partial charge in [0.05, 0.1) is 12.6 Å². The summed E-state index contributed by atoms with van der Waals surface area (Å²) in [6.07, 6.45) is 0.844. The van der Waals surface area contributed by atoms with Crippen molar-refractivity contribution >= 4 is 23.5 Å². The lowest BCUT2D eigenvalue weighted by Gasteiger charge is -2.08. The van der Waals surface area contributed by atoms with Crippen LogP contribution in [-0.2, 0) is 6.42 Å². The van der Waals surface area contributed by atoms with Crippen molar-refractivity contribution in [3.05, 3.63) is 29.8 Å². The Bertz CT molecular complexity index is 543. The van der Waals surface area contributed by atoms with Crippen LogP contribution >= 0.6 is 0 Å². The summed E-state index contributed by atoms with van der Waals surface area (Å²) in [7, 11) is 0.107. The quantitative estimate of drug-likeness (QED) is 0.754. The summed E-state index contributed by atoms with van der Waals surface area (Å²) in [5.41, 5.74) is 2.17. The Morgan fingerprint density at radius 1 is 1.29 bits per heavy atom. The van der Waals surface area contributed by atoms with Crippen LogP contribution in [0.15, 0.2) is 24.3 Å². The highest BCUT2D eigenvalue weighted by Gasteiger charge is 2.12. The SMILES string of the molecule is CCc1cc2ccc(B(O)O)cc2nc1OC. The Morgan fingerprint density at radius 3 is 2.65 bits per heavy atom. The van der Waals surface area contributed by atoms with Crippen LogP contribution in [0, 0.1) is 0 Å². The van der Waals surface area contributed by atoms with Crippen molar-refractivity contribution in [2.75, 3.05) is 7.11 Å². The van der Waals surface area contributed by atoms with E-state index in [1.165, 1.54) is 0 Å². The van der Waals surface area contributed by atoms with Gasteiger partial charge >= 0.3 is 7.12 Å². The number of aromatic nitrogens is 1. The summed E-state index contributed by atoms with van der Waals surface area (Å²) in [6, 6.07) is 7.17. The molecule has 2 N–H and O–H groups in total. The number of hydrogen-bond acceptors (Lipinski definition) is 4. The van der Waals surface area contributed by atoms with E-state index in [4.69, 9.17) is 14.8 Å². The van der Waals surface area contributed by atoms with Crippen LogP contribution in [0.3, 0.4) is 0 Å². The third-order valence-electron chi connectivity index (χ3n) is 2.75. The molecular weight excluding hydrogens is 217 g/mol. The molecule has 0 saturated carbocycles. The number of aryl methyl sites for hydroxylation is 1. The Hall–Kier alpha value is -1.59. The molecule has 1 heterocycles. The number of hydrogen-bond donors (Lipinski definition) is 2. The number of rotatable bonds is 3. The Labute approximate surface area is 100 Å². The first kappa shape index (κ1) is 11.9. The maximum absolute atomic E-state index is 9.11. The van der Waals surface area contributed by atoms with E-state index in [9.17, 15) is 0 Å². The normalized spacial score (nSPS) is 10.6. The monoisotopic (exact) mass is 231 g/mol. The topological polar surface area (TPSA) is 62.6 Å². The fraction of sp³-hybridized carbons (Fsp3) is 0.250. The fourth-order valence-electron chi connectivity index (χ4n) is 1.80. The minimum atomic E-state index is -1.47. The van der Waals surface area contributed by atoms with Crippen LogP contribution in [0.4, 0.5) is 0 Å². The zero-order chi connectivity index (χ0) is 12.4. The van der Waals surface area contributed by atoms with Crippen molar-refractivity contribution in [3.63, 3.8) is 0 Å². The molecule has 88 valence electrons. The van der Waals surface area contributed by atoms with E-state index >= 15 is 0 Å². The van der Waals surface area contributed by atoms with E-state index in [1.54, 1.807) is 19.2 Å². The number of benzene rings is 1. The molecule has 0 radical (unpaired) electrons. The molecule has 4 nitrogen and oxygen atoms in total. The molecule has 0 saturated heterocycles. The standard InChI is InChI=1S/C12H14BNO3/c1-3-8-6-9-4-5-10(13(15)16)7-11(9)14-12(8)17-2/h4-7,15-16H,3H2,1-2H3. The van der Waals surface area contributed by atoms with Crippen LogP contribution < -0.4 is 10.2 Å². The first-order valence-corrected chi connectivity index (χ1v) is 5.49. The van der Waals surface area contributed by atoms with Gasteiger partial charge in [-0.15, -0.1) is 0 Å². The predicted octanol–water partition coefficient (Wildman–Crippen LogP) is 0.486. The molecule has 0 aliphatic rings. The Balaban J connectivity index is 2.62. The smallest absolute Gasteiger partial charge is 0.481 e. The van der Waals surface area contributed by atoms with Crippen molar-refractivity contribution in [1.82, 2.24) is 4.98 Å². The molecule has 17 heavy (non-hydrogen) atoms. The summed E-state index contributed by atoms with van der Waals surface area (Å²) >= 11 is 0. The van der Waals surface area contributed by atoms with E-state index in [1.807, 2.05) is 19.1 Å². The minimum Gasteiger partial charge on any atom is -0.481 e. The summed E-state index contributed by atoms with van der Waals surface area (Å²) in [6.45, 7) is 2.04. The maximum Gasteiger partial charge on any atom is 0.488 e. The molecule has 1 aromatic carbocycles. The van der Waals surface area contributed by atoms with E-state index in [0.29, 0.717) is 16.9 Å². The highest BCUT2D eigenvalue weighted by Crippen LogP contribution is 2.21. The average molecular weight is 231 g/mol. The molecular formula is C12H14BNO3. The lowest BCUT2D eigenvalue weighted by molar-refractivity contribution is 0.394.